The van der Waals surface area contributed by atoms with E-state index in [9.17, 15) is 4.79 Å². The maximum atomic E-state index is 10.9. The molecule has 0 atom stereocenters. The minimum Gasteiger partial charge on any atom is -0.496 e. The zero-order valence-corrected chi connectivity index (χ0v) is 12.8. The fraction of sp³-hybridized carbons (Fsp3) is 0.588. The van der Waals surface area contributed by atoms with Crippen molar-refractivity contribution in [3.05, 3.63) is 29.3 Å². The first kappa shape index (κ1) is 15.0. The number of carbonyl (C=O) groups excluding carboxylic acids is 1. The van der Waals surface area contributed by atoms with Gasteiger partial charge in [-0.25, -0.2) is 0 Å². The number of aldehydes is 1. The molecule has 1 aromatic rings. The van der Waals surface area contributed by atoms with Crippen molar-refractivity contribution in [2.24, 2.45) is 5.41 Å². The van der Waals surface area contributed by atoms with Crippen LogP contribution in [0.2, 0.25) is 0 Å². The van der Waals surface area contributed by atoms with E-state index in [-0.39, 0.29) is 0 Å². The Bertz CT molecular complexity index is 468. The average molecular weight is 275 g/mol. The Morgan fingerprint density at radius 3 is 2.80 bits per heavy atom. The number of carbonyl (C=O) groups is 1. The van der Waals surface area contributed by atoms with Gasteiger partial charge in [-0.3, -0.25) is 9.69 Å². The maximum Gasteiger partial charge on any atom is 0.150 e. The van der Waals surface area contributed by atoms with E-state index in [1.807, 2.05) is 12.1 Å². The van der Waals surface area contributed by atoms with Crippen LogP contribution in [0.25, 0.3) is 0 Å². The van der Waals surface area contributed by atoms with Crippen LogP contribution in [0.5, 0.6) is 5.75 Å². The van der Waals surface area contributed by atoms with Gasteiger partial charge in [0, 0.05) is 17.7 Å². The normalized spacial score (nSPS) is 19.4. The minimum absolute atomic E-state index is 0.448. The lowest BCUT2D eigenvalue weighted by Gasteiger charge is -2.24. The highest BCUT2D eigenvalue weighted by atomic mass is 16.5. The topological polar surface area (TPSA) is 29.5 Å². The van der Waals surface area contributed by atoms with Crippen LogP contribution in [0.1, 0.15) is 49.0 Å². The lowest BCUT2D eigenvalue weighted by atomic mass is 9.85. The SMILES string of the molecule is COc1ccc(C=O)cc1CN1CCCC(C)(C)CC1. The zero-order valence-electron chi connectivity index (χ0n) is 12.8. The predicted octanol–water partition coefficient (Wildman–Crippen LogP) is 3.52. The molecule has 2 rings (SSSR count). The molecular formula is C17H25NO2. The minimum atomic E-state index is 0.448. The number of benzene rings is 1. The molecule has 0 N–H and O–H groups in total. The van der Waals surface area contributed by atoms with E-state index >= 15 is 0 Å². The molecule has 1 saturated heterocycles. The Morgan fingerprint density at radius 1 is 1.30 bits per heavy atom. The molecule has 1 aromatic carbocycles. The van der Waals surface area contributed by atoms with Crippen molar-refractivity contribution in [2.75, 3.05) is 20.2 Å². The van der Waals surface area contributed by atoms with Gasteiger partial charge in [-0.2, -0.15) is 0 Å². The van der Waals surface area contributed by atoms with Crippen LogP contribution in [0.4, 0.5) is 0 Å². The largest absolute Gasteiger partial charge is 0.496 e. The lowest BCUT2D eigenvalue weighted by molar-refractivity contribution is 0.112. The van der Waals surface area contributed by atoms with Crippen LogP contribution in [0.15, 0.2) is 18.2 Å². The Kier molecular flexibility index (Phi) is 4.81. The van der Waals surface area contributed by atoms with Gasteiger partial charge >= 0.3 is 0 Å². The van der Waals surface area contributed by atoms with Gasteiger partial charge in [-0.1, -0.05) is 13.8 Å². The first-order valence-electron chi connectivity index (χ1n) is 7.38. The molecule has 110 valence electrons. The molecule has 3 heteroatoms. The number of nitrogens with zero attached hydrogens (tertiary/aromatic N) is 1. The molecule has 0 spiro atoms. The van der Waals surface area contributed by atoms with Crippen LogP contribution in [-0.4, -0.2) is 31.4 Å². The highest BCUT2D eigenvalue weighted by molar-refractivity contribution is 5.75. The van der Waals surface area contributed by atoms with Crippen LogP contribution >= 0.6 is 0 Å². The second kappa shape index (κ2) is 6.40. The molecule has 3 nitrogen and oxygen atoms in total. The summed E-state index contributed by atoms with van der Waals surface area (Å²) in [6, 6.07) is 5.64. The second-order valence-corrected chi connectivity index (χ2v) is 6.48. The van der Waals surface area contributed by atoms with Crippen molar-refractivity contribution in [3.8, 4) is 5.75 Å². The van der Waals surface area contributed by atoms with Crippen LogP contribution in [-0.2, 0) is 6.54 Å². The fourth-order valence-corrected chi connectivity index (χ4v) is 2.87. The summed E-state index contributed by atoms with van der Waals surface area (Å²) in [5.74, 6) is 0.874. The third-order valence-electron chi connectivity index (χ3n) is 4.27. The number of rotatable bonds is 4. The van der Waals surface area contributed by atoms with E-state index in [1.165, 1.54) is 19.3 Å². The van der Waals surface area contributed by atoms with E-state index in [2.05, 4.69) is 18.7 Å². The number of ether oxygens (including phenoxy) is 1. The number of hydrogen-bond acceptors (Lipinski definition) is 3. The van der Waals surface area contributed by atoms with Gasteiger partial charge in [0.05, 0.1) is 7.11 Å². The Hall–Kier alpha value is -1.35. The van der Waals surface area contributed by atoms with Crippen molar-refractivity contribution in [3.63, 3.8) is 0 Å². The molecule has 0 radical (unpaired) electrons. The molecule has 0 bridgehead atoms. The molecule has 1 heterocycles. The fourth-order valence-electron chi connectivity index (χ4n) is 2.87. The number of hydrogen-bond donors (Lipinski definition) is 0. The summed E-state index contributed by atoms with van der Waals surface area (Å²) in [5.41, 5.74) is 2.27. The smallest absolute Gasteiger partial charge is 0.150 e. The third-order valence-corrected chi connectivity index (χ3v) is 4.27. The molecule has 0 aliphatic carbocycles. The quantitative estimate of drug-likeness (QED) is 0.787. The zero-order chi connectivity index (χ0) is 14.6. The summed E-state index contributed by atoms with van der Waals surface area (Å²) >= 11 is 0. The molecule has 20 heavy (non-hydrogen) atoms. The Morgan fingerprint density at radius 2 is 2.10 bits per heavy atom. The standard InChI is InChI=1S/C17H25NO2/c1-17(2)7-4-9-18(10-8-17)12-15-11-14(13-19)5-6-16(15)20-3/h5-6,11,13H,4,7-10,12H2,1-3H3. The van der Waals surface area contributed by atoms with E-state index in [0.29, 0.717) is 5.41 Å². The van der Waals surface area contributed by atoms with Gasteiger partial charge in [0.2, 0.25) is 0 Å². The van der Waals surface area contributed by atoms with Gasteiger partial charge in [0.25, 0.3) is 0 Å². The van der Waals surface area contributed by atoms with Crippen molar-refractivity contribution in [1.29, 1.82) is 0 Å². The molecule has 1 aliphatic rings. The number of likely N-dealkylation sites (tertiary alicyclic amines) is 1. The van der Waals surface area contributed by atoms with Crippen molar-refractivity contribution in [2.45, 2.75) is 39.7 Å². The van der Waals surface area contributed by atoms with Crippen molar-refractivity contribution >= 4 is 6.29 Å². The molecule has 0 saturated carbocycles. The molecule has 1 fully saturated rings. The van der Waals surface area contributed by atoms with Crippen molar-refractivity contribution in [1.82, 2.24) is 4.90 Å². The van der Waals surface area contributed by atoms with Crippen LogP contribution in [0.3, 0.4) is 0 Å². The summed E-state index contributed by atoms with van der Waals surface area (Å²) in [6.07, 6.45) is 4.65. The summed E-state index contributed by atoms with van der Waals surface area (Å²) in [4.78, 5) is 13.4. The maximum absolute atomic E-state index is 10.9. The molecule has 0 amide bonds. The summed E-state index contributed by atoms with van der Waals surface area (Å²) in [5, 5.41) is 0. The van der Waals surface area contributed by atoms with Crippen LogP contribution in [0, 0.1) is 5.41 Å². The van der Waals surface area contributed by atoms with Gasteiger partial charge in [0.1, 0.15) is 12.0 Å². The Labute approximate surface area is 121 Å². The van der Waals surface area contributed by atoms with Gasteiger partial charge in [-0.15, -0.1) is 0 Å². The first-order chi connectivity index (χ1) is 9.54. The predicted molar refractivity (Wildman–Crippen MR) is 81.3 cm³/mol. The van der Waals surface area contributed by atoms with E-state index in [0.717, 1.165) is 42.8 Å². The summed E-state index contributed by atoms with van der Waals surface area (Å²) in [7, 11) is 1.69. The molecule has 0 unspecified atom stereocenters. The summed E-state index contributed by atoms with van der Waals surface area (Å²) < 4.78 is 5.42. The Balaban J connectivity index is 2.10. The first-order valence-corrected chi connectivity index (χ1v) is 7.38. The van der Waals surface area contributed by atoms with Gasteiger partial charge < -0.3 is 4.74 Å². The lowest BCUT2D eigenvalue weighted by Crippen LogP contribution is -2.25. The van der Waals surface area contributed by atoms with Gasteiger partial charge in [-0.05, 0) is 56.0 Å². The van der Waals surface area contributed by atoms with E-state index in [4.69, 9.17) is 4.74 Å². The third kappa shape index (κ3) is 3.83. The number of methoxy groups -OCH3 is 1. The van der Waals surface area contributed by atoms with Crippen LogP contribution < -0.4 is 4.74 Å². The molecular weight excluding hydrogens is 250 g/mol. The average Bonchev–Trinajstić information content (AvgIpc) is 2.60. The summed E-state index contributed by atoms with van der Waals surface area (Å²) in [6.45, 7) is 7.80. The second-order valence-electron chi connectivity index (χ2n) is 6.48. The highest BCUT2D eigenvalue weighted by Crippen LogP contribution is 2.31. The molecule has 0 aromatic heterocycles. The highest BCUT2D eigenvalue weighted by Gasteiger charge is 2.23. The van der Waals surface area contributed by atoms with E-state index < -0.39 is 0 Å². The monoisotopic (exact) mass is 275 g/mol. The van der Waals surface area contributed by atoms with Gasteiger partial charge in [0.15, 0.2) is 0 Å². The molecule has 1 aliphatic heterocycles. The van der Waals surface area contributed by atoms with E-state index in [1.54, 1.807) is 13.2 Å². The van der Waals surface area contributed by atoms with Crippen molar-refractivity contribution < 1.29 is 9.53 Å².